The molecule has 1 aliphatic rings. The van der Waals surface area contributed by atoms with Crippen molar-refractivity contribution < 1.29 is 28.3 Å². The highest BCUT2D eigenvalue weighted by atomic mass is 31.2. The van der Waals surface area contributed by atoms with Crippen molar-refractivity contribution in [3.8, 4) is 0 Å². The van der Waals surface area contributed by atoms with Gasteiger partial charge in [0.2, 0.25) is 0 Å². The molecule has 1 fully saturated rings. The summed E-state index contributed by atoms with van der Waals surface area (Å²) in [6.45, 7) is 0. The summed E-state index contributed by atoms with van der Waals surface area (Å²) in [5, 5.41) is 0. The molecule has 10 heteroatoms. The van der Waals surface area contributed by atoms with E-state index in [4.69, 9.17) is 25.8 Å². The molecule has 0 amide bonds. The van der Waals surface area contributed by atoms with Gasteiger partial charge in [0.1, 0.15) is 5.78 Å². The molecular weight excluding hydrogens is 306 g/mol. The van der Waals surface area contributed by atoms with Gasteiger partial charge in [-0.2, -0.15) is 0 Å². The summed E-state index contributed by atoms with van der Waals surface area (Å²) in [5.41, 5.74) is 10.8. The van der Waals surface area contributed by atoms with Gasteiger partial charge in [-0.1, -0.05) is 19.3 Å². The predicted octanol–water partition coefficient (Wildman–Crippen LogP) is 0.701. The molecule has 0 aromatic heterocycles. The number of hydrogen-bond acceptors (Lipinski definition) is 5. The van der Waals surface area contributed by atoms with Crippen LogP contribution in [-0.4, -0.2) is 38.8 Å². The molecule has 1 aliphatic carbocycles. The first kappa shape index (κ1) is 18.3. The van der Waals surface area contributed by atoms with Gasteiger partial charge in [0.25, 0.3) is 0 Å². The zero-order valence-corrected chi connectivity index (χ0v) is 13.1. The van der Waals surface area contributed by atoms with E-state index >= 15 is 0 Å². The Morgan fingerprint density at radius 1 is 1.10 bits per heavy atom. The normalized spacial score (nSPS) is 24.1. The van der Waals surface area contributed by atoms with Crippen molar-refractivity contribution in [2.45, 2.75) is 56.5 Å². The van der Waals surface area contributed by atoms with Crippen LogP contribution in [0.3, 0.4) is 0 Å². The molecular formula is C10H24N2O6P2. The summed E-state index contributed by atoms with van der Waals surface area (Å²) in [7, 11) is -8.28. The summed E-state index contributed by atoms with van der Waals surface area (Å²) in [4.78, 5) is 27.5. The maximum Gasteiger partial charge on any atom is 0.343 e. The molecule has 0 bridgehead atoms. The number of rotatable bonds is 7. The van der Waals surface area contributed by atoms with Crippen LogP contribution >= 0.6 is 15.2 Å². The monoisotopic (exact) mass is 330 g/mol. The van der Waals surface area contributed by atoms with Crippen molar-refractivity contribution in [3.63, 3.8) is 0 Å². The van der Waals surface area contributed by atoms with E-state index in [2.05, 4.69) is 0 Å². The van der Waals surface area contributed by atoms with E-state index < -0.39 is 27.0 Å². The molecule has 3 atom stereocenters. The predicted molar refractivity (Wildman–Crippen MR) is 75.3 cm³/mol. The topological polar surface area (TPSA) is 156 Å². The van der Waals surface area contributed by atoms with Crippen molar-refractivity contribution in [3.05, 3.63) is 0 Å². The summed E-state index contributed by atoms with van der Waals surface area (Å²) in [6.07, 6.45) is 4.05. The van der Waals surface area contributed by atoms with Gasteiger partial charge in [-0.15, -0.1) is 0 Å². The van der Waals surface area contributed by atoms with Crippen LogP contribution in [-0.2, 0) is 13.7 Å². The fourth-order valence-corrected chi connectivity index (χ4v) is 4.24. The summed E-state index contributed by atoms with van der Waals surface area (Å²) in [6, 6.07) is -1.05. The average Bonchev–Trinajstić information content (AvgIpc) is 2.34. The van der Waals surface area contributed by atoms with Gasteiger partial charge < -0.3 is 30.7 Å². The molecule has 0 aliphatic heterocycles. The van der Waals surface area contributed by atoms with Crippen LogP contribution in [0, 0.1) is 0 Å². The molecule has 8 nitrogen and oxygen atoms in total. The van der Waals surface area contributed by atoms with Crippen LogP contribution in [0.25, 0.3) is 0 Å². The van der Waals surface area contributed by atoms with Crippen molar-refractivity contribution in [1.82, 2.24) is 0 Å². The Bertz CT molecular complexity index is 395. The van der Waals surface area contributed by atoms with Crippen molar-refractivity contribution in [1.29, 1.82) is 0 Å². The van der Waals surface area contributed by atoms with Gasteiger partial charge in [0, 0.05) is 6.04 Å². The fourth-order valence-electron chi connectivity index (χ4n) is 2.19. The van der Waals surface area contributed by atoms with Gasteiger partial charge in [-0.3, -0.25) is 9.13 Å². The van der Waals surface area contributed by atoms with Gasteiger partial charge in [0.15, 0.2) is 0 Å². The second kappa shape index (κ2) is 7.47. The smallest absolute Gasteiger partial charge is 0.326 e. The summed E-state index contributed by atoms with van der Waals surface area (Å²) in [5.74, 6) is -1.53. The first-order valence-corrected chi connectivity index (χ1v) is 10.1. The van der Waals surface area contributed by atoms with Crippen LogP contribution in [0.1, 0.15) is 38.5 Å². The van der Waals surface area contributed by atoms with Gasteiger partial charge in [-0.25, -0.2) is 0 Å². The third-order valence-electron chi connectivity index (χ3n) is 3.44. The molecule has 1 rings (SSSR count). The third kappa shape index (κ3) is 6.33. The van der Waals surface area contributed by atoms with Gasteiger partial charge >= 0.3 is 15.2 Å². The highest BCUT2D eigenvalue weighted by Gasteiger charge is 2.33. The van der Waals surface area contributed by atoms with E-state index in [0.717, 1.165) is 32.1 Å². The quantitative estimate of drug-likeness (QED) is 0.427. The van der Waals surface area contributed by atoms with Crippen LogP contribution < -0.4 is 11.5 Å². The highest BCUT2D eigenvalue weighted by Crippen LogP contribution is 2.47. The van der Waals surface area contributed by atoms with Crippen LogP contribution in [0.4, 0.5) is 0 Å². The van der Waals surface area contributed by atoms with E-state index in [1.54, 1.807) is 0 Å². The Hall–Kier alpha value is 0.220. The first-order valence-electron chi connectivity index (χ1n) is 6.68. The minimum atomic E-state index is -4.49. The van der Waals surface area contributed by atoms with Crippen molar-refractivity contribution in [2.24, 2.45) is 11.5 Å². The van der Waals surface area contributed by atoms with Crippen LogP contribution in [0.5, 0.6) is 0 Å². The summed E-state index contributed by atoms with van der Waals surface area (Å²) >= 11 is 0. The highest BCUT2D eigenvalue weighted by molar-refractivity contribution is 7.53. The second-order valence-electron chi connectivity index (χ2n) is 5.26. The van der Waals surface area contributed by atoms with E-state index in [1.165, 1.54) is 0 Å². The zero-order chi connectivity index (χ0) is 15.4. The maximum absolute atomic E-state index is 11.9. The molecule has 3 unspecified atom stereocenters. The minimum Gasteiger partial charge on any atom is -0.326 e. The third-order valence-corrected chi connectivity index (χ3v) is 6.05. The maximum atomic E-state index is 11.9. The van der Waals surface area contributed by atoms with Gasteiger partial charge in [0.05, 0.1) is 12.3 Å². The molecule has 0 radical (unpaired) electrons. The van der Waals surface area contributed by atoms with Crippen LogP contribution in [0.2, 0.25) is 0 Å². The SMILES string of the molecule is NC(CCP(=O)(O)OC1CCCCC1)C(N)P(=O)(O)O. The minimum absolute atomic E-state index is 0.0766. The lowest BCUT2D eigenvalue weighted by molar-refractivity contribution is 0.135. The molecule has 0 spiro atoms. The number of nitrogens with two attached hydrogens (primary N) is 2. The van der Waals surface area contributed by atoms with Crippen molar-refractivity contribution in [2.75, 3.05) is 6.16 Å². The molecule has 7 N–H and O–H groups in total. The standard InChI is InChI=1S/C10H24N2O6P2/c11-9(10(12)20(15,16)17)6-7-19(13,14)18-8-4-2-1-3-5-8/h8-10H,1-7,11-12H2,(H,13,14)(H2,15,16,17). The Balaban J connectivity index is 2.42. The molecule has 0 aromatic rings. The first-order chi connectivity index (χ1) is 9.12. The Morgan fingerprint density at radius 3 is 2.15 bits per heavy atom. The molecule has 0 heterocycles. The molecule has 120 valence electrons. The molecule has 1 saturated carbocycles. The lowest BCUT2D eigenvalue weighted by atomic mass is 9.98. The average molecular weight is 330 g/mol. The Labute approximate surface area is 118 Å². The fraction of sp³-hybridized carbons (Fsp3) is 1.00. The molecule has 0 saturated heterocycles. The van der Waals surface area contributed by atoms with E-state index in [-0.39, 0.29) is 18.7 Å². The Morgan fingerprint density at radius 2 is 1.65 bits per heavy atom. The lowest BCUT2D eigenvalue weighted by Gasteiger charge is -2.26. The largest absolute Gasteiger partial charge is 0.343 e. The van der Waals surface area contributed by atoms with Gasteiger partial charge in [-0.05, 0) is 19.3 Å². The lowest BCUT2D eigenvalue weighted by Crippen LogP contribution is -2.41. The van der Waals surface area contributed by atoms with E-state index in [9.17, 15) is 14.0 Å². The van der Waals surface area contributed by atoms with E-state index in [1.807, 2.05) is 0 Å². The molecule has 0 aromatic carbocycles. The van der Waals surface area contributed by atoms with Crippen LogP contribution in [0.15, 0.2) is 0 Å². The summed E-state index contributed by atoms with van der Waals surface area (Å²) < 4.78 is 28.1. The molecule has 20 heavy (non-hydrogen) atoms. The number of hydrogen-bond donors (Lipinski definition) is 5. The van der Waals surface area contributed by atoms with E-state index in [0.29, 0.717) is 0 Å². The second-order valence-corrected chi connectivity index (χ2v) is 8.97. The zero-order valence-electron chi connectivity index (χ0n) is 11.3. The van der Waals surface area contributed by atoms with Crippen molar-refractivity contribution >= 4 is 15.2 Å². The Kier molecular flexibility index (Phi) is 6.83.